The third kappa shape index (κ3) is 1.48. The van der Waals surface area contributed by atoms with E-state index in [1.165, 1.54) is 6.42 Å². The van der Waals surface area contributed by atoms with Crippen LogP contribution in [0.15, 0.2) is 0 Å². The van der Waals surface area contributed by atoms with Gasteiger partial charge in [0.2, 0.25) is 5.91 Å². The third-order valence-electron chi connectivity index (χ3n) is 4.87. The number of hydrogen-bond acceptors (Lipinski definition) is 2. The number of carbonyl (C=O) groups excluding carboxylic acids is 1. The Bertz CT molecular complexity index is 288. The monoisotopic (exact) mass is 222 g/mol. The first-order chi connectivity index (χ1) is 7.81. The minimum atomic E-state index is 0.376. The van der Waals surface area contributed by atoms with Gasteiger partial charge in [-0.05, 0) is 31.1 Å². The fourth-order valence-electron chi connectivity index (χ4n) is 3.69. The molecular weight excluding hydrogens is 200 g/mol. The highest BCUT2D eigenvalue weighted by Crippen LogP contribution is 2.37. The quantitative estimate of drug-likeness (QED) is 0.762. The van der Waals surface area contributed by atoms with Gasteiger partial charge in [0.05, 0.1) is 0 Å². The number of carbonyl (C=O) groups is 1. The predicted molar refractivity (Wildman–Crippen MR) is 63.0 cm³/mol. The summed E-state index contributed by atoms with van der Waals surface area (Å²) in [6.07, 6.45) is 4.66. The number of fused-ring (bicyclic) bond motifs is 1. The zero-order valence-electron chi connectivity index (χ0n) is 10.1. The van der Waals surface area contributed by atoms with Gasteiger partial charge >= 0.3 is 0 Å². The Balaban J connectivity index is 1.72. The molecule has 0 aromatic rings. The lowest BCUT2D eigenvalue weighted by Crippen LogP contribution is -2.44. The van der Waals surface area contributed by atoms with E-state index in [2.05, 4.69) is 17.1 Å². The molecule has 2 heterocycles. The van der Waals surface area contributed by atoms with Gasteiger partial charge in [0.1, 0.15) is 0 Å². The highest BCUT2D eigenvalue weighted by Gasteiger charge is 2.46. The van der Waals surface area contributed by atoms with E-state index in [4.69, 9.17) is 0 Å². The summed E-state index contributed by atoms with van der Waals surface area (Å²) >= 11 is 0. The van der Waals surface area contributed by atoms with Crippen LogP contribution in [0.25, 0.3) is 0 Å². The Morgan fingerprint density at radius 3 is 2.81 bits per heavy atom. The van der Waals surface area contributed by atoms with Gasteiger partial charge < -0.3 is 10.2 Å². The van der Waals surface area contributed by atoms with Crippen molar-refractivity contribution in [1.29, 1.82) is 0 Å². The first-order valence-corrected chi connectivity index (χ1v) is 6.82. The fourth-order valence-corrected chi connectivity index (χ4v) is 3.69. The van der Waals surface area contributed by atoms with Crippen LogP contribution < -0.4 is 5.32 Å². The summed E-state index contributed by atoms with van der Waals surface area (Å²) in [5.41, 5.74) is 0. The molecule has 3 rings (SSSR count). The number of amides is 1. The molecule has 2 aliphatic heterocycles. The van der Waals surface area contributed by atoms with Crippen molar-refractivity contribution in [3.05, 3.63) is 0 Å². The Labute approximate surface area is 97.6 Å². The summed E-state index contributed by atoms with van der Waals surface area (Å²) in [5.74, 6) is 2.30. The minimum absolute atomic E-state index is 0.376. The molecule has 3 heteroatoms. The van der Waals surface area contributed by atoms with E-state index in [-0.39, 0.29) is 0 Å². The topological polar surface area (TPSA) is 32.3 Å². The summed E-state index contributed by atoms with van der Waals surface area (Å²) in [6.45, 7) is 5.49. The van der Waals surface area contributed by atoms with Crippen molar-refractivity contribution < 1.29 is 4.79 Å². The summed E-state index contributed by atoms with van der Waals surface area (Å²) in [5, 5.41) is 3.47. The van der Waals surface area contributed by atoms with Gasteiger partial charge in [0.15, 0.2) is 0 Å². The molecule has 3 unspecified atom stereocenters. The average Bonchev–Trinajstić information content (AvgIpc) is 2.72. The molecule has 0 radical (unpaired) electrons. The van der Waals surface area contributed by atoms with Crippen molar-refractivity contribution in [3.63, 3.8) is 0 Å². The molecule has 2 saturated heterocycles. The first-order valence-electron chi connectivity index (χ1n) is 6.82. The maximum atomic E-state index is 12.3. The lowest BCUT2D eigenvalue weighted by Gasteiger charge is -2.33. The Morgan fingerprint density at radius 1 is 1.38 bits per heavy atom. The number of likely N-dealkylation sites (tertiary alicyclic amines) is 1. The molecule has 1 N–H and O–H groups in total. The SMILES string of the molecule is CCC1C2CNCC2CN1C(=O)C1CCC1. The summed E-state index contributed by atoms with van der Waals surface area (Å²) in [7, 11) is 0. The minimum Gasteiger partial charge on any atom is -0.339 e. The van der Waals surface area contributed by atoms with Gasteiger partial charge in [-0.15, -0.1) is 0 Å². The molecule has 3 aliphatic rings. The van der Waals surface area contributed by atoms with Crippen LogP contribution in [-0.4, -0.2) is 36.5 Å². The van der Waals surface area contributed by atoms with Crippen molar-refractivity contribution in [2.45, 2.75) is 38.6 Å². The zero-order chi connectivity index (χ0) is 11.1. The van der Waals surface area contributed by atoms with Crippen LogP contribution in [0, 0.1) is 17.8 Å². The lowest BCUT2D eigenvalue weighted by atomic mass is 9.84. The Morgan fingerprint density at radius 2 is 2.19 bits per heavy atom. The molecule has 0 aromatic carbocycles. The van der Waals surface area contributed by atoms with Gasteiger partial charge in [0.25, 0.3) is 0 Å². The van der Waals surface area contributed by atoms with E-state index >= 15 is 0 Å². The van der Waals surface area contributed by atoms with Crippen LogP contribution in [0.5, 0.6) is 0 Å². The highest BCUT2D eigenvalue weighted by molar-refractivity contribution is 5.80. The van der Waals surface area contributed by atoms with Gasteiger partial charge in [-0.1, -0.05) is 13.3 Å². The summed E-state index contributed by atoms with van der Waals surface area (Å²) in [4.78, 5) is 14.6. The lowest BCUT2D eigenvalue weighted by molar-refractivity contribution is -0.139. The van der Waals surface area contributed by atoms with Gasteiger partial charge in [-0.2, -0.15) is 0 Å². The summed E-state index contributed by atoms with van der Waals surface area (Å²) < 4.78 is 0. The molecule has 0 aromatic heterocycles. The fraction of sp³-hybridized carbons (Fsp3) is 0.923. The molecule has 3 atom stereocenters. The predicted octanol–water partition coefficient (Wildman–Crippen LogP) is 1.24. The molecule has 0 spiro atoms. The van der Waals surface area contributed by atoms with Crippen molar-refractivity contribution in [2.75, 3.05) is 19.6 Å². The van der Waals surface area contributed by atoms with E-state index in [1.54, 1.807) is 0 Å². The van der Waals surface area contributed by atoms with E-state index in [0.29, 0.717) is 17.9 Å². The molecular formula is C13H22N2O. The molecule has 90 valence electrons. The maximum Gasteiger partial charge on any atom is 0.225 e. The van der Waals surface area contributed by atoms with Crippen LogP contribution >= 0.6 is 0 Å². The number of hydrogen-bond donors (Lipinski definition) is 1. The molecule has 1 aliphatic carbocycles. The van der Waals surface area contributed by atoms with E-state index in [9.17, 15) is 4.79 Å². The molecule has 3 fully saturated rings. The van der Waals surface area contributed by atoms with Gasteiger partial charge in [0, 0.05) is 31.6 Å². The number of nitrogens with zero attached hydrogens (tertiary/aromatic N) is 1. The van der Waals surface area contributed by atoms with Crippen LogP contribution in [-0.2, 0) is 4.79 Å². The van der Waals surface area contributed by atoms with E-state index < -0.39 is 0 Å². The van der Waals surface area contributed by atoms with Gasteiger partial charge in [-0.25, -0.2) is 0 Å². The van der Waals surface area contributed by atoms with Crippen molar-refractivity contribution in [1.82, 2.24) is 10.2 Å². The maximum absolute atomic E-state index is 12.3. The number of rotatable bonds is 2. The molecule has 0 bridgehead atoms. The zero-order valence-corrected chi connectivity index (χ0v) is 10.1. The van der Waals surface area contributed by atoms with Crippen LogP contribution in [0.2, 0.25) is 0 Å². The van der Waals surface area contributed by atoms with E-state index in [1.807, 2.05) is 0 Å². The van der Waals surface area contributed by atoms with Crippen molar-refractivity contribution in [3.8, 4) is 0 Å². The second-order valence-electron chi connectivity index (χ2n) is 5.68. The molecule has 16 heavy (non-hydrogen) atoms. The second kappa shape index (κ2) is 4.02. The van der Waals surface area contributed by atoms with Crippen LogP contribution in [0.4, 0.5) is 0 Å². The standard InChI is InChI=1S/C13H22N2O/c1-2-12-11-7-14-6-10(11)8-15(12)13(16)9-4-3-5-9/h9-12,14H,2-8H2,1H3. The Hall–Kier alpha value is -0.570. The largest absolute Gasteiger partial charge is 0.339 e. The van der Waals surface area contributed by atoms with Gasteiger partial charge in [-0.3, -0.25) is 4.79 Å². The Kier molecular flexibility index (Phi) is 2.66. The van der Waals surface area contributed by atoms with Crippen LogP contribution in [0.1, 0.15) is 32.6 Å². The van der Waals surface area contributed by atoms with E-state index in [0.717, 1.165) is 50.7 Å². The normalized spacial score (nSPS) is 38.6. The first kappa shape index (κ1) is 10.6. The smallest absolute Gasteiger partial charge is 0.225 e. The van der Waals surface area contributed by atoms with Crippen molar-refractivity contribution >= 4 is 5.91 Å². The third-order valence-corrected chi connectivity index (χ3v) is 4.87. The average molecular weight is 222 g/mol. The highest BCUT2D eigenvalue weighted by atomic mass is 16.2. The van der Waals surface area contributed by atoms with Crippen LogP contribution in [0.3, 0.4) is 0 Å². The molecule has 3 nitrogen and oxygen atoms in total. The summed E-state index contributed by atoms with van der Waals surface area (Å²) in [6, 6.07) is 0.521. The second-order valence-corrected chi connectivity index (χ2v) is 5.68. The van der Waals surface area contributed by atoms with Crippen molar-refractivity contribution in [2.24, 2.45) is 17.8 Å². The molecule has 1 amide bonds. The number of nitrogens with one attached hydrogen (secondary N) is 1. The molecule has 1 saturated carbocycles.